The highest BCUT2D eigenvalue weighted by Crippen LogP contribution is 2.36. The lowest BCUT2D eigenvalue weighted by Gasteiger charge is -2.22. The molecule has 3 rings (SSSR count). The quantitative estimate of drug-likeness (QED) is 0.438. The Morgan fingerprint density at radius 2 is 1.57 bits per heavy atom. The third kappa shape index (κ3) is 5.76. The Bertz CT molecular complexity index is 1250. The minimum absolute atomic E-state index is 0.0487. The molecular weight excluding hydrogens is 482 g/mol. The van der Waals surface area contributed by atoms with Gasteiger partial charge in [0.05, 0.1) is 16.8 Å². The summed E-state index contributed by atoms with van der Waals surface area (Å²) in [5.41, 5.74) is -0.858. The van der Waals surface area contributed by atoms with Gasteiger partial charge in [-0.3, -0.25) is 14.5 Å². The average Bonchev–Trinajstić information content (AvgIpc) is 3.04. The Morgan fingerprint density at radius 3 is 2.11 bits per heavy atom. The van der Waals surface area contributed by atoms with Gasteiger partial charge in [0.2, 0.25) is 0 Å². The number of amides is 1. The Morgan fingerprint density at radius 1 is 0.971 bits per heavy atom. The van der Waals surface area contributed by atoms with Crippen LogP contribution in [0, 0.1) is 13.8 Å². The molecule has 0 aliphatic rings. The van der Waals surface area contributed by atoms with E-state index in [1.54, 1.807) is 0 Å². The fraction of sp³-hybridized carbons (Fsp3) is 0.217. The number of para-hydroxylation sites is 1. The predicted molar refractivity (Wildman–Crippen MR) is 113 cm³/mol. The SMILES string of the molecule is Cc1cc(C(=O)N(CC(=O)O)c2ccc(OC(F)(F)F)cc2)c(C)n1-c1ccccc1C(F)(F)F. The fourth-order valence-electron chi connectivity index (χ4n) is 3.65. The standard InChI is InChI=1S/C23H18F6N2O4/c1-13-11-17(14(2)31(13)19-6-4-3-5-18(19)22(24,25)26)21(34)30(12-20(32)33)15-7-9-16(10-8-15)35-23(27,28)29/h3-11H,12H2,1-2H3,(H,32,33). The van der Waals surface area contributed by atoms with E-state index in [4.69, 9.17) is 0 Å². The van der Waals surface area contributed by atoms with Gasteiger partial charge < -0.3 is 14.4 Å². The van der Waals surface area contributed by atoms with Crippen molar-refractivity contribution in [1.29, 1.82) is 0 Å². The number of aryl methyl sites for hydroxylation is 1. The number of carbonyl (C=O) groups excluding carboxylic acids is 1. The zero-order valence-electron chi connectivity index (χ0n) is 18.2. The summed E-state index contributed by atoms with van der Waals surface area (Å²) in [7, 11) is 0. The summed E-state index contributed by atoms with van der Waals surface area (Å²) in [4.78, 5) is 25.5. The van der Waals surface area contributed by atoms with E-state index in [9.17, 15) is 41.0 Å². The van der Waals surface area contributed by atoms with Gasteiger partial charge in [0.1, 0.15) is 12.3 Å². The van der Waals surface area contributed by atoms with Crippen molar-refractivity contribution in [3.8, 4) is 11.4 Å². The minimum atomic E-state index is -4.94. The topological polar surface area (TPSA) is 71.8 Å². The highest BCUT2D eigenvalue weighted by molar-refractivity contribution is 6.09. The Kier molecular flexibility index (Phi) is 6.86. The summed E-state index contributed by atoms with van der Waals surface area (Å²) in [5, 5.41) is 9.28. The number of carboxylic acid groups (broad SMARTS) is 1. The number of rotatable bonds is 6. The molecule has 0 radical (unpaired) electrons. The summed E-state index contributed by atoms with van der Waals surface area (Å²) in [6.07, 6.45) is -9.61. The molecule has 0 bridgehead atoms. The molecule has 35 heavy (non-hydrogen) atoms. The molecule has 6 nitrogen and oxygen atoms in total. The maximum absolute atomic E-state index is 13.6. The molecule has 0 spiro atoms. The maximum atomic E-state index is 13.6. The molecule has 2 aromatic carbocycles. The number of ether oxygens (including phenoxy) is 1. The van der Waals surface area contributed by atoms with Gasteiger partial charge in [-0.05, 0) is 56.3 Å². The van der Waals surface area contributed by atoms with Crippen LogP contribution in [0.3, 0.4) is 0 Å². The summed E-state index contributed by atoms with van der Waals surface area (Å²) in [6.45, 7) is 2.05. The van der Waals surface area contributed by atoms with E-state index in [2.05, 4.69) is 4.74 Å². The number of aromatic nitrogens is 1. The van der Waals surface area contributed by atoms with Gasteiger partial charge in [-0.25, -0.2) is 0 Å². The van der Waals surface area contributed by atoms with Crippen LogP contribution in [0.5, 0.6) is 5.75 Å². The lowest BCUT2D eigenvalue weighted by Crippen LogP contribution is -2.36. The van der Waals surface area contributed by atoms with Crippen LogP contribution in [0.15, 0.2) is 54.6 Å². The molecule has 1 N–H and O–H groups in total. The lowest BCUT2D eigenvalue weighted by molar-refractivity contribution is -0.274. The molecule has 0 atom stereocenters. The number of carboxylic acids is 1. The van der Waals surface area contributed by atoms with E-state index in [1.165, 1.54) is 42.7 Å². The highest BCUT2D eigenvalue weighted by atomic mass is 19.4. The van der Waals surface area contributed by atoms with Crippen LogP contribution in [-0.4, -0.2) is 34.5 Å². The number of carbonyl (C=O) groups is 2. The van der Waals surface area contributed by atoms with E-state index in [0.29, 0.717) is 0 Å². The highest BCUT2D eigenvalue weighted by Gasteiger charge is 2.35. The van der Waals surface area contributed by atoms with E-state index < -0.39 is 42.3 Å². The van der Waals surface area contributed by atoms with Crippen LogP contribution < -0.4 is 9.64 Å². The van der Waals surface area contributed by atoms with Crippen molar-refractivity contribution in [2.24, 2.45) is 0 Å². The summed E-state index contributed by atoms with van der Waals surface area (Å²) in [6, 6.07) is 10.1. The van der Waals surface area contributed by atoms with Crippen molar-refractivity contribution in [1.82, 2.24) is 4.57 Å². The van der Waals surface area contributed by atoms with Crippen molar-refractivity contribution in [2.75, 3.05) is 11.4 Å². The molecule has 0 unspecified atom stereocenters. The number of hydrogen-bond acceptors (Lipinski definition) is 3. The third-order valence-electron chi connectivity index (χ3n) is 5.03. The molecule has 1 amide bonds. The van der Waals surface area contributed by atoms with Gasteiger partial charge in [-0.1, -0.05) is 12.1 Å². The number of aliphatic carboxylic acids is 1. The third-order valence-corrected chi connectivity index (χ3v) is 5.03. The number of halogens is 6. The molecule has 0 fully saturated rings. The van der Waals surface area contributed by atoms with E-state index >= 15 is 0 Å². The van der Waals surface area contributed by atoms with Gasteiger partial charge in [-0.15, -0.1) is 13.2 Å². The second kappa shape index (κ2) is 9.35. The molecule has 186 valence electrons. The maximum Gasteiger partial charge on any atom is 0.573 e. The van der Waals surface area contributed by atoms with Gasteiger partial charge in [0.15, 0.2) is 0 Å². The molecule has 0 saturated carbocycles. The Hall–Kier alpha value is -3.96. The van der Waals surface area contributed by atoms with Crippen molar-refractivity contribution < 1.29 is 45.8 Å². The molecular formula is C23H18F6N2O4. The number of benzene rings is 2. The summed E-state index contributed by atoms with van der Waals surface area (Å²) < 4.78 is 82.9. The van der Waals surface area contributed by atoms with Crippen LogP contribution >= 0.6 is 0 Å². The van der Waals surface area contributed by atoms with Crippen LogP contribution in [-0.2, 0) is 11.0 Å². The predicted octanol–water partition coefficient (Wildman–Crippen LogP) is 5.74. The number of nitrogens with zero attached hydrogens (tertiary/aromatic N) is 2. The number of anilines is 1. The van der Waals surface area contributed by atoms with Crippen molar-refractivity contribution >= 4 is 17.6 Å². The van der Waals surface area contributed by atoms with Gasteiger partial charge >= 0.3 is 18.5 Å². The molecule has 1 aromatic heterocycles. The van der Waals surface area contributed by atoms with Crippen LogP contribution in [0.4, 0.5) is 32.0 Å². The second-order valence-corrected chi connectivity index (χ2v) is 7.46. The van der Waals surface area contributed by atoms with E-state index in [-0.39, 0.29) is 28.3 Å². The van der Waals surface area contributed by atoms with E-state index in [0.717, 1.165) is 35.2 Å². The Labute approximate surface area is 195 Å². The first-order valence-electron chi connectivity index (χ1n) is 9.94. The van der Waals surface area contributed by atoms with Crippen molar-refractivity contribution in [3.63, 3.8) is 0 Å². The molecule has 12 heteroatoms. The van der Waals surface area contributed by atoms with Crippen molar-refractivity contribution in [3.05, 3.63) is 77.1 Å². The fourth-order valence-corrected chi connectivity index (χ4v) is 3.65. The largest absolute Gasteiger partial charge is 0.573 e. The first kappa shape index (κ1) is 25.7. The van der Waals surface area contributed by atoms with E-state index in [1.807, 2.05) is 0 Å². The first-order valence-corrected chi connectivity index (χ1v) is 9.94. The molecule has 0 saturated heterocycles. The van der Waals surface area contributed by atoms with Crippen molar-refractivity contribution in [2.45, 2.75) is 26.4 Å². The van der Waals surface area contributed by atoms with Crippen LogP contribution in [0.1, 0.15) is 27.3 Å². The molecule has 1 heterocycles. The van der Waals surface area contributed by atoms with Gasteiger partial charge in [0.25, 0.3) is 5.91 Å². The second-order valence-electron chi connectivity index (χ2n) is 7.46. The number of hydrogen-bond donors (Lipinski definition) is 1. The normalized spacial score (nSPS) is 11.9. The monoisotopic (exact) mass is 500 g/mol. The average molecular weight is 500 g/mol. The lowest BCUT2D eigenvalue weighted by atomic mass is 10.1. The minimum Gasteiger partial charge on any atom is -0.480 e. The molecule has 3 aromatic rings. The zero-order chi connectivity index (χ0) is 26.1. The van der Waals surface area contributed by atoms with Crippen LogP contribution in [0.2, 0.25) is 0 Å². The van der Waals surface area contributed by atoms with Gasteiger partial charge in [0, 0.05) is 17.1 Å². The first-order chi connectivity index (χ1) is 16.2. The number of alkyl halides is 6. The molecule has 0 aliphatic heterocycles. The molecule has 0 aliphatic carbocycles. The van der Waals surface area contributed by atoms with Gasteiger partial charge in [-0.2, -0.15) is 13.2 Å². The zero-order valence-corrected chi connectivity index (χ0v) is 18.2. The summed E-state index contributed by atoms with van der Waals surface area (Å²) in [5.74, 6) is -2.85. The smallest absolute Gasteiger partial charge is 0.480 e. The Balaban J connectivity index is 2.04. The van der Waals surface area contributed by atoms with Crippen LogP contribution in [0.25, 0.3) is 5.69 Å². The summed E-state index contributed by atoms with van der Waals surface area (Å²) >= 11 is 0.